The van der Waals surface area contributed by atoms with Gasteiger partial charge in [0.05, 0.1) is 10.9 Å². The maximum atomic E-state index is 8.90. The van der Waals surface area contributed by atoms with Crippen molar-refractivity contribution < 1.29 is 5.94 Å². The Hall–Kier alpha value is -2.93. The van der Waals surface area contributed by atoms with E-state index < -0.39 is 0 Å². The molecule has 0 radical (unpaired) electrons. The molecule has 1 heteroatoms. The average Bonchev–Trinajstić information content (AvgIpc) is 2.95. The van der Waals surface area contributed by atoms with Gasteiger partial charge in [-0.2, -0.15) is 0 Å². The predicted molar refractivity (Wildman–Crippen MR) is 152 cm³/mol. The van der Waals surface area contributed by atoms with Crippen LogP contribution in [0, 0.1) is 6.92 Å². The molecule has 2 saturated carbocycles. The zero-order chi connectivity index (χ0) is 25.4. The van der Waals surface area contributed by atoms with E-state index in [-0.39, 0.29) is 0 Å². The van der Waals surface area contributed by atoms with Crippen molar-refractivity contribution in [2.45, 2.75) is 83.0 Å². The van der Waals surface area contributed by atoms with Gasteiger partial charge in [-0.25, -0.2) is 4.57 Å². The summed E-state index contributed by atoms with van der Waals surface area (Å²) in [5, 5.41) is 2.40. The fraction of sp³-hybridized carbons (Fsp3) is 0.400. The van der Waals surface area contributed by atoms with Gasteiger partial charge in [-0.1, -0.05) is 81.0 Å². The lowest BCUT2D eigenvalue weighted by atomic mass is 9.76. The van der Waals surface area contributed by atoms with Crippen LogP contribution in [0.25, 0.3) is 33.2 Å². The minimum atomic E-state index is 0.564. The van der Waals surface area contributed by atoms with E-state index in [9.17, 15) is 0 Å². The Bertz CT molecular complexity index is 1410. The van der Waals surface area contributed by atoms with Crippen molar-refractivity contribution in [3.63, 3.8) is 0 Å². The summed E-state index contributed by atoms with van der Waals surface area (Å²) in [6.45, 7) is 2.35. The SMILES string of the molecule is [2H]c1cc2cc(-c3ccccc3)ccc2c(-c2cc(C3CCCCC3)cc(C3CCCCC3)c2C)[n+]1C. The molecule has 4 aromatic rings. The molecule has 2 aliphatic carbocycles. The highest BCUT2D eigenvalue weighted by atomic mass is 14.9. The standard InChI is InChI=1S/C35H40N/c1-25-33(28-16-10-5-11-17-28)23-31(27-14-8-4-9-15-27)24-34(25)35-32-19-18-29(26-12-6-3-7-13-26)22-30(32)20-21-36(35)2/h3,6-7,12-13,18-24,27-28H,4-5,8-11,14-17H2,1-2H3/q+1/i21D. The molecule has 0 amide bonds. The van der Waals surface area contributed by atoms with Crippen LogP contribution in [0.2, 0.25) is 0 Å². The number of hydrogen-bond acceptors (Lipinski definition) is 0. The summed E-state index contributed by atoms with van der Waals surface area (Å²) in [5.41, 5.74) is 9.55. The van der Waals surface area contributed by atoms with Crippen LogP contribution in [-0.4, -0.2) is 0 Å². The summed E-state index contributed by atoms with van der Waals surface area (Å²) in [4.78, 5) is 0. The topological polar surface area (TPSA) is 3.88 Å². The lowest BCUT2D eigenvalue weighted by Crippen LogP contribution is -2.31. The molecule has 6 rings (SSSR count). The van der Waals surface area contributed by atoms with E-state index in [1.54, 1.807) is 11.1 Å². The minimum Gasteiger partial charge on any atom is -0.200 e. The van der Waals surface area contributed by atoms with Crippen molar-refractivity contribution in [1.82, 2.24) is 0 Å². The summed E-state index contributed by atoms with van der Waals surface area (Å²) in [6, 6.07) is 24.6. The second-order valence-corrected chi connectivity index (χ2v) is 11.3. The van der Waals surface area contributed by atoms with Crippen molar-refractivity contribution in [2.75, 3.05) is 0 Å². The smallest absolute Gasteiger partial charge is 0.200 e. The van der Waals surface area contributed by atoms with Gasteiger partial charge < -0.3 is 0 Å². The van der Waals surface area contributed by atoms with Crippen molar-refractivity contribution in [1.29, 1.82) is 0 Å². The average molecular weight is 476 g/mol. The van der Waals surface area contributed by atoms with Crippen LogP contribution in [0.15, 0.2) is 72.9 Å². The van der Waals surface area contributed by atoms with E-state index in [0.29, 0.717) is 18.0 Å². The molecule has 1 nitrogen and oxygen atoms in total. The number of rotatable bonds is 4. The van der Waals surface area contributed by atoms with Crippen molar-refractivity contribution in [3.05, 3.63) is 89.6 Å². The van der Waals surface area contributed by atoms with Crippen molar-refractivity contribution >= 4 is 10.8 Å². The Labute approximate surface area is 218 Å². The number of pyridine rings is 1. The number of nitrogens with zero attached hydrogens (tertiary/aromatic N) is 1. The zero-order valence-corrected chi connectivity index (χ0v) is 22.0. The van der Waals surface area contributed by atoms with Gasteiger partial charge in [-0.15, -0.1) is 0 Å². The molecule has 184 valence electrons. The first kappa shape index (κ1) is 22.3. The summed E-state index contributed by atoms with van der Waals surface area (Å²) < 4.78 is 11.0. The van der Waals surface area contributed by atoms with Crippen molar-refractivity contribution in [2.24, 2.45) is 7.05 Å². The Morgan fingerprint density at radius 2 is 1.42 bits per heavy atom. The van der Waals surface area contributed by atoms with Crippen LogP contribution in [0.1, 0.15) is 94.1 Å². The number of benzene rings is 3. The maximum absolute atomic E-state index is 8.90. The van der Waals surface area contributed by atoms with Crippen LogP contribution < -0.4 is 4.57 Å². The highest BCUT2D eigenvalue weighted by Gasteiger charge is 2.26. The van der Waals surface area contributed by atoms with E-state index in [0.717, 1.165) is 5.39 Å². The molecular formula is C35H40N+. The van der Waals surface area contributed by atoms with E-state index >= 15 is 0 Å². The summed E-state index contributed by atoms with van der Waals surface area (Å²) in [7, 11) is 2.08. The molecule has 36 heavy (non-hydrogen) atoms. The van der Waals surface area contributed by atoms with Crippen LogP contribution in [0.3, 0.4) is 0 Å². The van der Waals surface area contributed by atoms with E-state index in [2.05, 4.69) is 79.2 Å². The number of hydrogen-bond donors (Lipinski definition) is 0. The second-order valence-electron chi connectivity index (χ2n) is 11.3. The predicted octanol–water partition coefficient (Wildman–Crippen LogP) is 9.40. The van der Waals surface area contributed by atoms with Crippen LogP contribution >= 0.6 is 0 Å². The summed E-state index contributed by atoms with van der Waals surface area (Å²) >= 11 is 0. The Morgan fingerprint density at radius 3 is 2.14 bits per heavy atom. The Kier molecular flexibility index (Phi) is 6.32. The maximum Gasteiger partial charge on any atom is 0.220 e. The third kappa shape index (κ3) is 4.49. The molecule has 2 fully saturated rings. The minimum absolute atomic E-state index is 0.564. The normalized spacial score (nSPS) is 17.9. The van der Waals surface area contributed by atoms with Crippen molar-refractivity contribution in [3.8, 4) is 22.4 Å². The van der Waals surface area contributed by atoms with E-state index in [1.165, 1.54) is 97.5 Å². The lowest BCUT2D eigenvalue weighted by molar-refractivity contribution is -0.659. The van der Waals surface area contributed by atoms with Gasteiger partial charge in [0.15, 0.2) is 6.17 Å². The molecule has 0 atom stereocenters. The zero-order valence-electron chi connectivity index (χ0n) is 23.0. The first-order valence-corrected chi connectivity index (χ1v) is 14.2. The molecule has 0 bridgehead atoms. The van der Waals surface area contributed by atoms with Gasteiger partial charge in [0.1, 0.15) is 8.42 Å². The second kappa shape index (κ2) is 10.2. The van der Waals surface area contributed by atoms with E-state index in [1.807, 2.05) is 6.07 Å². The molecule has 2 aliphatic rings. The first-order chi connectivity index (χ1) is 18.1. The monoisotopic (exact) mass is 475 g/mol. The first-order valence-electron chi connectivity index (χ1n) is 14.7. The third-order valence-corrected chi connectivity index (χ3v) is 9.01. The molecule has 1 heterocycles. The molecule has 0 spiro atoms. The number of fused-ring (bicyclic) bond motifs is 1. The van der Waals surface area contributed by atoms with Crippen LogP contribution in [0.4, 0.5) is 0 Å². The van der Waals surface area contributed by atoms with Gasteiger partial charge in [-0.3, -0.25) is 0 Å². The van der Waals surface area contributed by atoms with Gasteiger partial charge in [0.25, 0.3) is 0 Å². The number of aromatic nitrogens is 1. The van der Waals surface area contributed by atoms with E-state index in [4.69, 9.17) is 1.37 Å². The molecule has 1 aromatic heterocycles. The largest absolute Gasteiger partial charge is 0.220 e. The highest BCUT2D eigenvalue weighted by Crippen LogP contribution is 2.42. The molecule has 0 unspecified atom stereocenters. The van der Waals surface area contributed by atoms with Gasteiger partial charge >= 0.3 is 0 Å². The van der Waals surface area contributed by atoms with Gasteiger partial charge in [0.2, 0.25) is 5.69 Å². The fourth-order valence-electron chi connectivity index (χ4n) is 6.96. The van der Waals surface area contributed by atoms with Gasteiger partial charge in [-0.05, 0) is 95.8 Å². The summed E-state index contributed by atoms with van der Waals surface area (Å²) in [6.07, 6.45) is 14.0. The quantitative estimate of drug-likeness (QED) is 0.259. The molecular weight excluding hydrogens is 434 g/mol. The lowest BCUT2D eigenvalue weighted by Gasteiger charge is -2.28. The Balaban J connectivity index is 1.56. The van der Waals surface area contributed by atoms with Crippen LogP contribution in [-0.2, 0) is 7.05 Å². The van der Waals surface area contributed by atoms with Gasteiger partial charge in [0, 0.05) is 6.07 Å². The third-order valence-electron chi connectivity index (χ3n) is 9.01. The highest BCUT2D eigenvalue weighted by molar-refractivity contribution is 5.96. The molecule has 3 aromatic carbocycles. The summed E-state index contributed by atoms with van der Waals surface area (Å²) in [5.74, 6) is 1.35. The molecule has 0 saturated heterocycles. The molecule has 0 N–H and O–H groups in total. The van der Waals surface area contributed by atoms with Crippen LogP contribution in [0.5, 0.6) is 0 Å². The fourth-order valence-corrected chi connectivity index (χ4v) is 6.96. The Morgan fingerprint density at radius 1 is 0.722 bits per heavy atom. The molecule has 0 aliphatic heterocycles.